The highest BCUT2D eigenvalue weighted by Gasteiger charge is 2.23. The van der Waals surface area contributed by atoms with Crippen molar-refractivity contribution in [1.82, 2.24) is 20.1 Å². The lowest BCUT2D eigenvalue weighted by atomic mass is 9.88. The molecule has 4 aromatic rings. The third-order valence-electron chi connectivity index (χ3n) is 6.03. The molecule has 1 aromatic heterocycles. The summed E-state index contributed by atoms with van der Waals surface area (Å²) in [5.74, 6) is 1.65. The van der Waals surface area contributed by atoms with Crippen LogP contribution in [0.15, 0.2) is 84.0 Å². The van der Waals surface area contributed by atoms with Gasteiger partial charge in [-0.2, -0.15) is 0 Å². The van der Waals surface area contributed by atoms with E-state index in [1.807, 2.05) is 65.2 Å². The van der Waals surface area contributed by atoms with Crippen LogP contribution in [-0.4, -0.2) is 33.5 Å². The van der Waals surface area contributed by atoms with Gasteiger partial charge in [0.25, 0.3) is 0 Å². The first kappa shape index (κ1) is 22.2. The van der Waals surface area contributed by atoms with Crippen molar-refractivity contribution in [2.45, 2.75) is 30.5 Å². The molecule has 0 saturated carbocycles. The predicted octanol–water partition coefficient (Wildman–Crippen LogP) is 5.23. The molecule has 0 aliphatic heterocycles. The van der Waals surface area contributed by atoms with E-state index >= 15 is 0 Å². The van der Waals surface area contributed by atoms with Crippen LogP contribution in [-0.2, 0) is 11.2 Å². The highest BCUT2D eigenvalue weighted by atomic mass is 32.2. The summed E-state index contributed by atoms with van der Waals surface area (Å²) >= 11 is 1.39. The number of methoxy groups -OCH3 is 1. The summed E-state index contributed by atoms with van der Waals surface area (Å²) in [6.45, 7) is 0. The van der Waals surface area contributed by atoms with Gasteiger partial charge in [-0.1, -0.05) is 66.4 Å². The Balaban J connectivity index is 1.38. The number of nitrogens with one attached hydrogen (secondary N) is 1. The zero-order chi connectivity index (χ0) is 23.3. The lowest BCUT2D eigenvalue weighted by Crippen LogP contribution is -2.32. The summed E-state index contributed by atoms with van der Waals surface area (Å²) in [5, 5.41) is 12.8. The largest absolute Gasteiger partial charge is 0.496 e. The average molecular weight is 471 g/mol. The van der Waals surface area contributed by atoms with Crippen molar-refractivity contribution in [3.63, 3.8) is 0 Å². The van der Waals surface area contributed by atoms with Gasteiger partial charge in [-0.15, -0.1) is 10.2 Å². The van der Waals surface area contributed by atoms with Crippen molar-refractivity contribution in [2.75, 3.05) is 12.9 Å². The number of carbonyl (C=O) groups excluding carboxylic acids is 1. The normalized spacial score (nSPS) is 14.9. The third-order valence-corrected chi connectivity index (χ3v) is 6.96. The van der Waals surface area contributed by atoms with E-state index in [4.69, 9.17) is 4.74 Å². The number of benzene rings is 3. The van der Waals surface area contributed by atoms with Crippen molar-refractivity contribution in [1.29, 1.82) is 0 Å². The number of thioether (sulfide) groups is 1. The summed E-state index contributed by atoms with van der Waals surface area (Å²) in [7, 11) is 1.64. The molecule has 6 nitrogen and oxygen atoms in total. The third kappa shape index (κ3) is 4.56. The lowest BCUT2D eigenvalue weighted by molar-refractivity contribution is -0.119. The van der Waals surface area contributed by atoms with Gasteiger partial charge in [0.1, 0.15) is 5.75 Å². The first-order valence-electron chi connectivity index (χ1n) is 11.4. The molecular weight excluding hydrogens is 444 g/mol. The minimum Gasteiger partial charge on any atom is -0.496 e. The summed E-state index contributed by atoms with van der Waals surface area (Å²) in [6, 6.07) is 26.1. The van der Waals surface area contributed by atoms with Crippen LogP contribution in [0, 0.1) is 0 Å². The van der Waals surface area contributed by atoms with Gasteiger partial charge in [0.2, 0.25) is 5.91 Å². The van der Waals surface area contributed by atoms with Crippen molar-refractivity contribution in [3.8, 4) is 22.8 Å². The Kier molecular flexibility index (Phi) is 6.62. The standard InChI is InChI=1S/C27H26N4O2S/c1-33-24-17-8-7-15-22(24)26-29-30-27(31(26)20-12-3-2-4-13-20)34-18-25(32)28-23-16-9-11-19-10-5-6-14-21(19)23/h2-8,10,12-15,17,23H,9,11,16,18H2,1H3,(H,28,32)/t23-/m1/s1. The molecule has 0 radical (unpaired) electrons. The first-order chi connectivity index (χ1) is 16.7. The van der Waals surface area contributed by atoms with Gasteiger partial charge >= 0.3 is 0 Å². The number of amides is 1. The van der Waals surface area contributed by atoms with Crippen molar-refractivity contribution in [3.05, 3.63) is 90.0 Å². The first-order valence-corrected chi connectivity index (χ1v) is 12.4. The molecule has 1 N–H and O–H groups in total. The van der Waals surface area contributed by atoms with E-state index in [1.165, 1.54) is 22.9 Å². The van der Waals surface area contributed by atoms with Crippen molar-refractivity contribution >= 4 is 17.7 Å². The fourth-order valence-corrected chi connectivity index (χ4v) is 5.21. The molecule has 1 aliphatic rings. The number of hydrogen-bond acceptors (Lipinski definition) is 5. The number of fused-ring (bicyclic) bond motifs is 1. The van der Waals surface area contributed by atoms with E-state index in [9.17, 15) is 4.79 Å². The van der Waals surface area contributed by atoms with E-state index < -0.39 is 0 Å². The number of hydrogen-bond donors (Lipinski definition) is 1. The Morgan fingerprint density at radius 3 is 2.65 bits per heavy atom. The van der Waals surface area contributed by atoms with Crippen LogP contribution >= 0.6 is 11.8 Å². The maximum Gasteiger partial charge on any atom is 0.230 e. The van der Waals surface area contributed by atoms with E-state index in [1.54, 1.807) is 7.11 Å². The number of aromatic nitrogens is 3. The molecule has 0 spiro atoms. The molecule has 172 valence electrons. The zero-order valence-electron chi connectivity index (χ0n) is 19.0. The minimum atomic E-state index is -0.00634. The van der Waals surface area contributed by atoms with Gasteiger partial charge in [-0.25, -0.2) is 0 Å². The minimum absolute atomic E-state index is 0.00634. The van der Waals surface area contributed by atoms with E-state index in [0.29, 0.717) is 11.0 Å². The van der Waals surface area contributed by atoms with E-state index in [2.05, 4.69) is 33.7 Å². The van der Waals surface area contributed by atoms with E-state index in [0.717, 1.165) is 36.3 Å². The van der Waals surface area contributed by atoms with Gasteiger partial charge in [0, 0.05) is 5.69 Å². The molecule has 5 rings (SSSR count). The second-order valence-corrected chi connectivity index (χ2v) is 9.12. The van der Waals surface area contributed by atoms with Gasteiger partial charge in [0.15, 0.2) is 11.0 Å². The zero-order valence-corrected chi connectivity index (χ0v) is 19.8. The molecule has 34 heavy (non-hydrogen) atoms. The smallest absolute Gasteiger partial charge is 0.230 e. The highest BCUT2D eigenvalue weighted by molar-refractivity contribution is 7.99. The number of rotatable bonds is 7. The number of para-hydroxylation sites is 2. The number of carbonyl (C=O) groups is 1. The maximum absolute atomic E-state index is 12.9. The molecule has 0 fully saturated rings. The molecule has 0 unspecified atom stereocenters. The second kappa shape index (κ2) is 10.1. The fraction of sp³-hybridized carbons (Fsp3) is 0.222. The molecular formula is C27H26N4O2S. The molecule has 0 saturated heterocycles. The summed E-state index contributed by atoms with van der Waals surface area (Å²) in [4.78, 5) is 12.9. The van der Waals surface area contributed by atoms with Crippen molar-refractivity contribution < 1.29 is 9.53 Å². The van der Waals surface area contributed by atoms with Gasteiger partial charge in [0.05, 0.1) is 24.5 Å². The molecule has 7 heteroatoms. The predicted molar refractivity (Wildman–Crippen MR) is 134 cm³/mol. The quantitative estimate of drug-likeness (QED) is 0.375. The number of ether oxygens (including phenoxy) is 1. The van der Waals surface area contributed by atoms with Gasteiger partial charge < -0.3 is 10.1 Å². The molecule has 3 aromatic carbocycles. The van der Waals surface area contributed by atoms with Gasteiger partial charge in [-0.3, -0.25) is 9.36 Å². The molecule has 0 bridgehead atoms. The van der Waals surface area contributed by atoms with Crippen LogP contribution in [0.3, 0.4) is 0 Å². The Morgan fingerprint density at radius 1 is 1.03 bits per heavy atom. The lowest BCUT2D eigenvalue weighted by Gasteiger charge is -2.26. The topological polar surface area (TPSA) is 69.0 Å². The highest BCUT2D eigenvalue weighted by Crippen LogP contribution is 2.33. The fourth-order valence-electron chi connectivity index (χ4n) is 4.45. The summed E-state index contributed by atoms with van der Waals surface area (Å²) in [6.07, 6.45) is 3.12. The summed E-state index contributed by atoms with van der Waals surface area (Å²) in [5.41, 5.74) is 4.34. The SMILES string of the molecule is COc1ccccc1-c1nnc(SCC(=O)N[C@@H]2CCCc3ccccc32)n1-c1ccccc1. The molecule has 1 atom stereocenters. The van der Waals surface area contributed by atoms with Crippen LogP contribution in [0.2, 0.25) is 0 Å². The Bertz CT molecular complexity index is 1290. The van der Waals surface area contributed by atoms with Crippen LogP contribution in [0.5, 0.6) is 5.75 Å². The van der Waals surface area contributed by atoms with Crippen LogP contribution in [0.25, 0.3) is 17.1 Å². The van der Waals surface area contributed by atoms with E-state index in [-0.39, 0.29) is 17.7 Å². The van der Waals surface area contributed by atoms with Gasteiger partial charge in [-0.05, 0) is 54.7 Å². The molecule has 1 heterocycles. The molecule has 1 aliphatic carbocycles. The van der Waals surface area contributed by atoms with Crippen LogP contribution < -0.4 is 10.1 Å². The summed E-state index contributed by atoms with van der Waals surface area (Å²) < 4.78 is 7.54. The maximum atomic E-state index is 12.9. The van der Waals surface area contributed by atoms with Crippen LogP contribution in [0.1, 0.15) is 30.0 Å². The van der Waals surface area contributed by atoms with Crippen molar-refractivity contribution in [2.24, 2.45) is 0 Å². The Labute approximate surface area is 203 Å². The average Bonchev–Trinajstić information content (AvgIpc) is 3.32. The molecule has 1 amide bonds. The number of nitrogens with zero attached hydrogens (tertiary/aromatic N) is 3. The number of aryl methyl sites for hydroxylation is 1. The Hall–Kier alpha value is -3.58. The Morgan fingerprint density at radius 2 is 1.79 bits per heavy atom. The second-order valence-electron chi connectivity index (χ2n) is 8.18. The monoisotopic (exact) mass is 470 g/mol. The van der Waals surface area contributed by atoms with Crippen LogP contribution in [0.4, 0.5) is 0 Å².